The predicted molar refractivity (Wildman–Crippen MR) is 110 cm³/mol. The van der Waals surface area contributed by atoms with Gasteiger partial charge in [-0.3, -0.25) is 9.59 Å². The molecule has 0 aliphatic carbocycles. The second-order valence-corrected chi connectivity index (χ2v) is 7.22. The lowest BCUT2D eigenvalue weighted by Crippen LogP contribution is -2.14. The Kier molecular flexibility index (Phi) is 5.98. The van der Waals surface area contributed by atoms with Crippen molar-refractivity contribution in [3.8, 4) is 11.3 Å². The summed E-state index contributed by atoms with van der Waals surface area (Å²) >= 11 is 1.40. The number of nitrogens with one attached hydrogen (secondary N) is 2. The van der Waals surface area contributed by atoms with E-state index in [2.05, 4.69) is 15.6 Å². The molecule has 5 nitrogen and oxygen atoms in total. The number of hydrogen-bond acceptors (Lipinski definition) is 4. The number of benzene rings is 2. The Bertz CT molecular complexity index is 920. The van der Waals surface area contributed by atoms with Crippen LogP contribution < -0.4 is 10.6 Å². The molecule has 2 aromatic carbocycles. The molecule has 138 valence electrons. The number of thiazole rings is 1. The molecule has 6 heteroatoms. The highest BCUT2D eigenvalue weighted by Crippen LogP contribution is 2.27. The van der Waals surface area contributed by atoms with Crippen molar-refractivity contribution < 1.29 is 9.59 Å². The van der Waals surface area contributed by atoms with Gasteiger partial charge in [0, 0.05) is 30.0 Å². The normalized spacial score (nSPS) is 11.6. The van der Waals surface area contributed by atoms with Crippen molar-refractivity contribution in [2.75, 3.05) is 10.6 Å². The molecule has 0 fully saturated rings. The van der Waals surface area contributed by atoms with E-state index in [1.807, 2.05) is 66.9 Å². The maximum atomic E-state index is 12.3. The summed E-state index contributed by atoms with van der Waals surface area (Å²) in [6.07, 6.45) is 0.407. The van der Waals surface area contributed by atoms with Gasteiger partial charge in [0.2, 0.25) is 11.8 Å². The Morgan fingerprint density at radius 2 is 1.74 bits per heavy atom. The predicted octanol–water partition coefficient (Wildman–Crippen LogP) is 4.90. The minimum absolute atomic E-state index is 0.0479. The van der Waals surface area contributed by atoms with E-state index in [4.69, 9.17) is 0 Å². The Hall–Kier alpha value is -2.99. The van der Waals surface area contributed by atoms with Gasteiger partial charge in [0.05, 0.1) is 5.69 Å². The zero-order chi connectivity index (χ0) is 19.2. The number of amides is 2. The molecule has 0 aliphatic heterocycles. The van der Waals surface area contributed by atoms with Gasteiger partial charge >= 0.3 is 0 Å². The van der Waals surface area contributed by atoms with Crippen molar-refractivity contribution in [3.05, 3.63) is 65.5 Å². The van der Waals surface area contributed by atoms with Gasteiger partial charge in [-0.25, -0.2) is 4.98 Å². The lowest BCUT2D eigenvalue weighted by Gasteiger charge is -2.10. The van der Waals surface area contributed by atoms with E-state index in [1.165, 1.54) is 18.3 Å². The molecule has 0 aliphatic rings. The molecule has 0 bridgehead atoms. The van der Waals surface area contributed by atoms with Crippen LogP contribution in [-0.4, -0.2) is 16.8 Å². The van der Waals surface area contributed by atoms with Crippen LogP contribution >= 0.6 is 11.3 Å². The molecule has 0 saturated heterocycles. The number of anilines is 2. The van der Waals surface area contributed by atoms with Crippen LogP contribution in [0.3, 0.4) is 0 Å². The summed E-state index contributed by atoms with van der Waals surface area (Å²) in [7, 11) is 0. The Morgan fingerprint density at radius 1 is 1.04 bits per heavy atom. The van der Waals surface area contributed by atoms with E-state index in [0.29, 0.717) is 11.6 Å². The maximum absolute atomic E-state index is 12.3. The molecule has 0 radical (unpaired) electrons. The molecule has 1 aromatic heterocycles. The molecule has 1 atom stereocenters. The first-order chi connectivity index (χ1) is 13.0. The highest BCUT2D eigenvalue weighted by Gasteiger charge is 2.13. The average Bonchev–Trinajstić information content (AvgIpc) is 3.11. The first-order valence-corrected chi connectivity index (χ1v) is 9.57. The van der Waals surface area contributed by atoms with Crippen molar-refractivity contribution in [1.82, 2.24) is 4.98 Å². The third-order valence-corrected chi connectivity index (χ3v) is 4.87. The van der Waals surface area contributed by atoms with Crippen molar-refractivity contribution in [2.45, 2.75) is 26.2 Å². The molecule has 0 spiro atoms. The first-order valence-electron chi connectivity index (χ1n) is 8.69. The third kappa shape index (κ3) is 5.24. The van der Waals surface area contributed by atoms with Gasteiger partial charge in [0.1, 0.15) is 0 Å². The van der Waals surface area contributed by atoms with Crippen LogP contribution in [0.25, 0.3) is 11.3 Å². The fourth-order valence-corrected chi connectivity index (χ4v) is 3.48. The summed E-state index contributed by atoms with van der Waals surface area (Å²) in [4.78, 5) is 27.9. The van der Waals surface area contributed by atoms with Crippen LogP contribution in [0.15, 0.2) is 60.0 Å². The van der Waals surface area contributed by atoms with Crippen LogP contribution in [0.1, 0.15) is 31.7 Å². The second kappa shape index (κ2) is 8.60. The molecule has 2 amide bonds. The van der Waals surface area contributed by atoms with Gasteiger partial charge < -0.3 is 10.6 Å². The minimum atomic E-state index is -0.105. The highest BCUT2D eigenvalue weighted by molar-refractivity contribution is 7.14. The number of carbonyl (C=O) groups excluding carboxylic acids is 2. The van der Waals surface area contributed by atoms with Gasteiger partial charge in [-0.2, -0.15) is 0 Å². The van der Waals surface area contributed by atoms with E-state index in [-0.39, 0.29) is 17.7 Å². The maximum Gasteiger partial charge on any atom is 0.226 e. The minimum Gasteiger partial charge on any atom is -0.326 e. The third-order valence-electron chi connectivity index (χ3n) is 4.11. The lowest BCUT2D eigenvalue weighted by atomic mass is 9.98. The van der Waals surface area contributed by atoms with E-state index in [0.717, 1.165) is 22.5 Å². The summed E-state index contributed by atoms with van der Waals surface area (Å²) in [5, 5.41) is 8.11. The smallest absolute Gasteiger partial charge is 0.226 e. The lowest BCUT2D eigenvalue weighted by molar-refractivity contribution is -0.116. The van der Waals surface area contributed by atoms with Crippen molar-refractivity contribution in [3.63, 3.8) is 0 Å². The van der Waals surface area contributed by atoms with Crippen molar-refractivity contribution in [1.29, 1.82) is 0 Å². The summed E-state index contributed by atoms with van der Waals surface area (Å²) in [5.41, 5.74) is 3.61. The molecule has 27 heavy (non-hydrogen) atoms. The fraction of sp³-hybridized carbons (Fsp3) is 0.190. The molecule has 3 aromatic rings. The van der Waals surface area contributed by atoms with Gasteiger partial charge in [0.25, 0.3) is 0 Å². The SMILES string of the molecule is CC(=O)Nc1ccc(-c2csc(NC(=O)C[C@@H](C)c3ccccc3)n2)cc1. The first kappa shape index (κ1) is 18.8. The standard InChI is InChI=1S/C21H21N3O2S/c1-14(16-6-4-3-5-7-16)12-20(26)24-21-23-19(13-27-21)17-8-10-18(11-9-17)22-15(2)25/h3-11,13-14H,12H2,1-2H3,(H,22,25)(H,23,24,26)/t14-/m1/s1. The van der Waals surface area contributed by atoms with Crippen molar-refractivity contribution >= 4 is 34.0 Å². The van der Waals surface area contributed by atoms with Crippen LogP contribution in [0, 0.1) is 0 Å². The van der Waals surface area contributed by atoms with E-state index < -0.39 is 0 Å². The number of aromatic nitrogens is 1. The summed E-state index contributed by atoms with van der Waals surface area (Å²) in [5.74, 6) is -0.00801. The largest absolute Gasteiger partial charge is 0.326 e. The molecular weight excluding hydrogens is 358 g/mol. The van der Waals surface area contributed by atoms with Crippen LogP contribution in [0.4, 0.5) is 10.8 Å². The van der Waals surface area contributed by atoms with Gasteiger partial charge in [-0.1, -0.05) is 49.4 Å². The second-order valence-electron chi connectivity index (χ2n) is 6.36. The molecule has 0 saturated carbocycles. The van der Waals surface area contributed by atoms with Crippen LogP contribution in [-0.2, 0) is 9.59 Å². The number of hydrogen-bond donors (Lipinski definition) is 2. The fourth-order valence-electron chi connectivity index (χ4n) is 2.74. The summed E-state index contributed by atoms with van der Waals surface area (Å²) in [6, 6.07) is 17.4. The van der Waals surface area contributed by atoms with Crippen molar-refractivity contribution in [2.24, 2.45) is 0 Å². The molecule has 0 unspecified atom stereocenters. The highest BCUT2D eigenvalue weighted by atomic mass is 32.1. The number of nitrogens with zero attached hydrogens (tertiary/aromatic N) is 1. The Balaban J connectivity index is 1.60. The average molecular weight is 379 g/mol. The van der Waals surface area contributed by atoms with Gasteiger partial charge in [-0.15, -0.1) is 11.3 Å². The molecule has 1 heterocycles. The monoisotopic (exact) mass is 379 g/mol. The Labute approximate surface area is 162 Å². The molecule has 2 N–H and O–H groups in total. The van der Waals surface area contributed by atoms with Gasteiger partial charge in [-0.05, 0) is 23.6 Å². The summed E-state index contributed by atoms with van der Waals surface area (Å²) < 4.78 is 0. The quantitative estimate of drug-likeness (QED) is 0.640. The Morgan fingerprint density at radius 3 is 2.41 bits per heavy atom. The van der Waals surface area contributed by atoms with E-state index in [9.17, 15) is 9.59 Å². The molecule has 3 rings (SSSR count). The zero-order valence-electron chi connectivity index (χ0n) is 15.2. The van der Waals surface area contributed by atoms with Gasteiger partial charge in [0.15, 0.2) is 5.13 Å². The van der Waals surface area contributed by atoms with Crippen LogP contribution in [0.5, 0.6) is 0 Å². The summed E-state index contributed by atoms with van der Waals surface area (Å²) in [6.45, 7) is 3.51. The topological polar surface area (TPSA) is 71.1 Å². The van der Waals surface area contributed by atoms with E-state index in [1.54, 1.807) is 0 Å². The van der Waals surface area contributed by atoms with Crippen LogP contribution in [0.2, 0.25) is 0 Å². The number of rotatable bonds is 6. The zero-order valence-corrected chi connectivity index (χ0v) is 16.0. The number of carbonyl (C=O) groups is 2. The van der Waals surface area contributed by atoms with E-state index >= 15 is 0 Å². The molecular formula is C21H21N3O2S.